The molecule has 0 aliphatic heterocycles. The SMILES string of the molecule is NC(=O)CCNc1cc(C(F)(F)F)nc(N)n1. The zero-order chi connectivity index (χ0) is 13.1. The molecule has 17 heavy (non-hydrogen) atoms. The zero-order valence-electron chi connectivity index (χ0n) is 8.58. The smallest absolute Gasteiger partial charge is 0.370 e. The summed E-state index contributed by atoms with van der Waals surface area (Å²) in [6, 6.07) is 0.706. The number of amides is 1. The molecule has 1 heterocycles. The lowest BCUT2D eigenvalue weighted by molar-refractivity contribution is -0.141. The Bertz CT molecular complexity index is 420. The molecule has 0 unspecified atom stereocenters. The topological polar surface area (TPSA) is 107 Å². The lowest BCUT2D eigenvalue weighted by atomic mass is 10.3. The summed E-state index contributed by atoms with van der Waals surface area (Å²) in [7, 11) is 0. The van der Waals surface area contributed by atoms with Crippen LogP contribution in [0.2, 0.25) is 0 Å². The van der Waals surface area contributed by atoms with Crippen molar-refractivity contribution < 1.29 is 18.0 Å². The van der Waals surface area contributed by atoms with E-state index in [1.165, 1.54) is 0 Å². The first-order chi connectivity index (χ1) is 7.79. The predicted molar refractivity (Wildman–Crippen MR) is 53.7 cm³/mol. The quantitative estimate of drug-likeness (QED) is 0.714. The number of hydrogen-bond acceptors (Lipinski definition) is 5. The van der Waals surface area contributed by atoms with E-state index >= 15 is 0 Å². The van der Waals surface area contributed by atoms with Crippen LogP contribution in [0.1, 0.15) is 12.1 Å². The van der Waals surface area contributed by atoms with Gasteiger partial charge in [-0.2, -0.15) is 18.2 Å². The number of nitrogen functional groups attached to an aromatic ring is 1. The van der Waals surface area contributed by atoms with Gasteiger partial charge in [-0.1, -0.05) is 0 Å². The van der Waals surface area contributed by atoms with Gasteiger partial charge in [0.1, 0.15) is 5.82 Å². The van der Waals surface area contributed by atoms with Crippen LogP contribution in [0.15, 0.2) is 6.07 Å². The molecule has 1 aromatic rings. The van der Waals surface area contributed by atoms with Gasteiger partial charge in [-0.05, 0) is 0 Å². The Kier molecular flexibility index (Phi) is 3.71. The van der Waals surface area contributed by atoms with Gasteiger partial charge in [-0.25, -0.2) is 4.98 Å². The average molecular weight is 249 g/mol. The second-order valence-corrected chi connectivity index (χ2v) is 3.14. The largest absolute Gasteiger partial charge is 0.433 e. The highest BCUT2D eigenvalue weighted by atomic mass is 19.4. The molecular weight excluding hydrogens is 239 g/mol. The maximum atomic E-state index is 12.4. The standard InChI is InChI=1S/C8H10F3N5O/c9-8(10,11)4-3-6(16-7(13)15-4)14-2-1-5(12)17/h3H,1-2H2,(H2,12,17)(H3,13,14,15,16). The van der Waals surface area contributed by atoms with Gasteiger partial charge >= 0.3 is 6.18 Å². The second-order valence-electron chi connectivity index (χ2n) is 3.14. The fourth-order valence-electron chi connectivity index (χ4n) is 1.02. The maximum absolute atomic E-state index is 12.4. The highest BCUT2D eigenvalue weighted by Crippen LogP contribution is 2.29. The second kappa shape index (κ2) is 4.85. The summed E-state index contributed by atoms with van der Waals surface area (Å²) in [5.41, 5.74) is 8.86. The Labute approximate surface area is 94.2 Å². The number of carbonyl (C=O) groups excluding carboxylic acids is 1. The number of rotatable bonds is 4. The molecule has 0 saturated carbocycles. The number of alkyl halides is 3. The first kappa shape index (κ1) is 13.0. The molecular formula is C8H10F3N5O. The fraction of sp³-hybridized carbons (Fsp3) is 0.375. The molecule has 94 valence electrons. The Morgan fingerprint density at radius 2 is 2.06 bits per heavy atom. The summed E-state index contributed by atoms with van der Waals surface area (Å²) < 4.78 is 37.1. The van der Waals surface area contributed by atoms with Crippen molar-refractivity contribution in [2.75, 3.05) is 17.6 Å². The molecule has 0 bridgehead atoms. The Morgan fingerprint density at radius 1 is 1.41 bits per heavy atom. The van der Waals surface area contributed by atoms with E-state index in [2.05, 4.69) is 15.3 Å². The third-order valence-electron chi connectivity index (χ3n) is 1.71. The molecule has 0 aromatic carbocycles. The molecule has 1 rings (SSSR count). The Hall–Kier alpha value is -2.06. The van der Waals surface area contributed by atoms with Gasteiger partial charge in [0.2, 0.25) is 11.9 Å². The molecule has 0 radical (unpaired) electrons. The van der Waals surface area contributed by atoms with Crippen LogP contribution in [0, 0.1) is 0 Å². The number of hydrogen-bond donors (Lipinski definition) is 3. The first-order valence-corrected chi connectivity index (χ1v) is 4.53. The van der Waals surface area contributed by atoms with Crippen molar-refractivity contribution in [1.82, 2.24) is 9.97 Å². The van der Waals surface area contributed by atoms with Crippen molar-refractivity contribution in [3.05, 3.63) is 11.8 Å². The molecule has 1 amide bonds. The highest BCUT2D eigenvalue weighted by molar-refractivity contribution is 5.74. The number of nitrogens with zero attached hydrogens (tertiary/aromatic N) is 2. The molecule has 9 heteroatoms. The van der Waals surface area contributed by atoms with Gasteiger partial charge in [-0.15, -0.1) is 0 Å². The van der Waals surface area contributed by atoms with Crippen LogP contribution in [0.3, 0.4) is 0 Å². The third kappa shape index (κ3) is 4.13. The molecule has 0 saturated heterocycles. The van der Waals surface area contributed by atoms with Gasteiger partial charge in [-0.3, -0.25) is 4.79 Å². The number of carbonyl (C=O) groups is 1. The molecule has 0 aliphatic rings. The van der Waals surface area contributed by atoms with E-state index < -0.39 is 23.7 Å². The first-order valence-electron chi connectivity index (χ1n) is 4.53. The fourth-order valence-corrected chi connectivity index (χ4v) is 1.02. The molecule has 0 spiro atoms. The molecule has 6 nitrogen and oxygen atoms in total. The minimum atomic E-state index is -4.60. The molecule has 0 fully saturated rings. The number of nitrogens with two attached hydrogens (primary N) is 2. The van der Waals surface area contributed by atoms with Crippen LogP contribution < -0.4 is 16.8 Å². The summed E-state index contributed by atoms with van der Waals surface area (Å²) in [6.07, 6.45) is -4.62. The van der Waals surface area contributed by atoms with Crippen molar-refractivity contribution in [3.8, 4) is 0 Å². The number of aromatic nitrogens is 2. The third-order valence-corrected chi connectivity index (χ3v) is 1.71. The molecule has 5 N–H and O–H groups in total. The average Bonchev–Trinajstić information content (AvgIpc) is 2.14. The number of anilines is 2. The monoisotopic (exact) mass is 249 g/mol. The molecule has 0 atom stereocenters. The number of halogens is 3. The summed E-state index contributed by atoms with van der Waals surface area (Å²) in [5, 5.41) is 2.50. The van der Waals surface area contributed by atoms with E-state index in [1.54, 1.807) is 0 Å². The van der Waals surface area contributed by atoms with Crippen molar-refractivity contribution >= 4 is 17.7 Å². The van der Waals surface area contributed by atoms with Gasteiger partial charge in [0, 0.05) is 19.0 Å². The van der Waals surface area contributed by atoms with Crippen LogP contribution in [0.4, 0.5) is 24.9 Å². The van der Waals surface area contributed by atoms with E-state index in [4.69, 9.17) is 11.5 Å². The van der Waals surface area contributed by atoms with Gasteiger partial charge in [0.25, 0.3) is 0 Å². The van der Waals surface area contributed by atoms with E-state index in [1.807, 2.05) is 0 Å². The van der Waals surface area contributed by atoms with E-state index in [0.717, 1.165) is 0 Å². The lowest BCUT2D eigenvalue weighted by Crippen LogP contribution is -2.17. The van der Waals surface area contributed by atoms with E-state index in [-0.39, 0.29) is 18.8 Å². The van der Waals surface area contributed by atoms with Gasteiger partial charge in [0.05, 0.1) is 0 Å². The minimum absolute atomic E-state index is 0.0226. The lowest BCUT2D eigenvalue weighted by Gasteiger charge is -2.09. The summed E-state index contributed by atoms with van der Waals surface area (Å²) >= 11 is 0. The Balaban J connectivity index is 2.79. The van der Waals surface area contributed by atoms with Crippen molar-refractivity contribution in [1.29, 1.82) is 0 Å². The number of primary amides is 1. The van der Waals surface area contributed by atoms with Crippen molar-refractivity contribution in [3.63, 3.8) is 0 Å². The molecule has 0 aliphatic carbocycles. The van der Waals surface area contributed by atoms with Crippen LogP contribution in [0.25, 0.3) is 0 Å². The maximum Gasteiger partial charge on any atom is 0.433 e. The van der Waals surface area contributed by atoms with Crippen LogP contribution in [0.5, 0.6) is 0 Å². The minimum Gasteiger partial charge on any atom is -0.370 e. The van der Waals surface area contributed by atoms with Gasteiger partial charge in [0.15, 0.2) is 5.69 Å². The zero-order valence-corrected chi connectivity index (χ0v) is 8.58. The summed E-state index contributed by atoms with van der Waals surface area (Å²) in [5.74, 6) is -1.18. The predicted octanol–water partition coefficient (Wildman–Crippen LogP) is 0.365. The highest BCUT2D eigenvalue weighted by Gasteiger charge is 2.33. The normalized spacial score (nSPS) is 11.2. The van der Waals surface area contributed by atoms with Gasteiger partial charge < -0.3 is 16.8 Å². The van der Waals surface area contributed by atoms with Crippen LogP contribution >= 0.6 is 0 Å². The summed E-state index contributed by atoms with van der Waals surface area (Å²) in [6.45, 7) is 0.0725. The molecule has 1 aromatic heterocycles. The van der Waals surface area contributed by atoms with Crippen LogP contribution in [-0.2, 0) is 11.0 Å². The van der Waals surface area contributed by atoms with Crippen molar-refractivity contribution in [2.45, 2.75) is 12.6 Å². The Morgan fingerprint density at radius 3 is 2.59 bits per heavy atom. The number of nitrogens with one attached hydrogen (secondary N) is 1. The van der Waals surface area contributed by atoms with Crippen molar-refractivity contribution in [2.24, 2.45) is 5.73 Å². The van der Waals surface area contributed by atoms with Crippen LogP contribution in [-0.4, -0.2) is 22.4 Å². The van der Waals surface area contributed by atoms with E-state index in [0.29, 0.717) is 6.07 Å². The summed E-state index contributed by atoms with van der Waals surface area (Å²) in [4.78, 5) is 17.0. The van der Waals surface area contributed by atoms with E-state index in [9.17, 15) is 18.0 Å².